The zero-order valence-corrected chi connectivity index (χ0v) is 13.1. The fourth-order valence-electron chi connectivity index (χ4n) is 2.26. The van der Waals surface area contributed by atoms with E-state index in [1.807, 2.05) is 0 Å². The number of carboxylic acid groups (broad SMARTS) is 1. The summed E-state index contributed by atoms with van der Waals surface area (Å²) in [5.74, 6) is -2.43. The first-order valence-corrected chi connectivity index (χ1v) is 6.81. The fourth-order valence-corrected chi connectivity index (χ4v) is 2.26. The number of benzene rings is 1. The second-order valence-corrected chi connectivity index (χ2v) is 5.03. The molecule has 0 bridgehead atoms. The molecule has 1 aromatic rings. The lowest BCUT2D eigenvalue weighted by atomic mass is 10.1. The first kappa shape index (κ1) is 19.8. The molecule has 9 heteroatoms. The molecule has 1 saturated heterocycles. The maximum Gasteiger partial charge on any atom is 0.573 e. The number of nitrogens with zero attached hydrogens (tertiary/aromatic N) is 1. The standard InChI is InChI=1S/C15H14F3NO4.ClH/c16-15(17,18)23-12-4-2-1-3-10(12)5-6-13(20)19-8-7-11(9-19)14(21)22;/h1-6,11H,7-9H2,(H,21,22);1H/b6-5+;. The molecule has 132 valence electrons. The fraction of sp³-hybridized carbons (Fsp3) is 0.333. The lowest BCUT2D eigenvalue weighted by Crippen LogP contribution is -2.28. The van der Waals surface area contributed by atoms with Crippen molar-refractivity contribution in [1.82, 2.24) is 4.90 Å². The summed E-state index contributed by atoms with van der Waals surface area (Å²) in [6.45, 7) is 0.403. The quantitative estimate of drug-likeness (QED) is 0.833. The molecule has 1 amide bonds. The number of carbonyl (C=O) groups excluding carboxylic acids is 1. The van der Waals surface area contributed by atoms with Gasteiger partial charge in [0.15, 0.2) is 0 Å². The smallest absolute Gasteiger partial charge is 0.481 e. The summed E-state index contributed by atoms with van der Waals surface area (Å²) in [6, 6.07) is 5.44. The predicted molar refractivity (Wildman–Crippen MR) is 81.7 cm³/mol. The number of carboxylic acids is 1. The molecule has 1 aliphatic heterocycles. The lowest BCUT2D eigenvalue weighted by molar-refractivity contribution is -0.274. The third-order valence-electron chi connectivity index (χ3n) is 3.40. The average Bonchev–Trinajstić information content (AvgIpc) is 2.94. The van der Waals surface area contributed by atoms with Crippen LogP contribution in [0, 0.1) is 5.92 Å². The Bertz CT molecular complexity index is 633. The van der Waals surface area contributed by atoms with Crippen LogP contribution >= 0.6 is 12.4 Å². The van der Waals surface area contributed by atoms with Gasteiger partial charge in [0.2, 0.25) is 5.91 Å². The predicted octanol–water partition coefficient (Wildman–Crippen LogP) is 2.95. The van der Waals surface area contributed by atoms with Crippen molar-refractivity contribution in [2.24, 2.45) is 5.92 Å². The molecule has 2 rings (SSSR count). The highest BCUT2D eigenvalue weighted by molar-refractivity contribution is 5.92. The van der Waals surface area contributed by atoms with Crippen LogP contribution in [0.4, 0.5) is 13.2 Å². The van der Waals surface area contributed by atoms with Crippen LogP contribution in [-0.2, 0) is 9.59 Å². The van der Waals surface area contributed by atoms with Crippen molar-refractivity contribution in [2.45, 2.75) is 12.8 Å². The van der Waals surface area contributed by atoms with E-state index < -0.39 is 29.9 Å². The second kappa shape index (κ2) is 8.05. The number of aliphatic carboxylic acids is 1. The van der Waals surface area contributed by atoms with Crippen LogP contribution in [-0.4, -0.2) is 41.3 Å². The molecular formula is C15H15ClF3NO4. The van der Waals surface area contributed by atoms with Crippen LogP contribution in [0.1, 0.15) is 12.0 Å². The summed E-state index contributed by atoms with van der Waals surface area (Å²) in [4.78, 5) is 24.2. The van der Waals surface area contributed by atoms with Gasteiger partial charge in [-0.1, -0.05) is 18.2 Å². The Morgan fingerprint density at radius 3 is 2.54 bits per heavy atom. The van der Waals surface area contributed by atoms with E-state index in [9.17, 15) is 22.8 Å². The van der Waals surface area contributed by atoms with Gasteiger partial charge in [-0.05, 0) is 18.6 Å². The minimum absolute atomic E-state index is 0. The molecular weight excluding hydrogens is 351 g/mol. The first-order chi connectivity index (χ1) is 10.8. The molecule has 1 heterocycles. The van der Waals surface area contributed by atoms with Crippen molar-refractivity contribution in [2.75, 3.05) is 13.1 Å². The van der Waals surface area contributed by atoms with E-state index in [0.717, 1.165) is 12.1 Å². The Hall–Kier alpha value is -2.22. The number of hydrogen-bond donors (Lipinski definition) is 1. The third kappa shape index (κ3) is 5.45. The first-order valence-electron chi connectivity index (χ1n) is 6.81. The van der Waals surface area contributed by atoms with Crippen LogP contribution < -0.4 is 4.74 Å². The van der Waals surface area contributed by atoms with Crippen LogP contribution in [0.3, 0.4) is 0 Å². The minimum Gasteiger partial charge on any atom is -0.481 e. The van der Waals surface area contributed by atoms with Gasteiger partial charge in [0.25, 0.3) is 0 Å². The molecule has 24 heavy (non-hydrogen) atoms. The number of rotatable bonds is 4. The summed E-state index contributed by atoms with van der Waals surface area (Å²) in [7, 11) is 0. The molecule has 0 saturated carbocycles. The highest BCUT2D eigenvalue weighted by Crippen LogP contribution is 2.27. The van der Waals surface area contributed by atoms with Crippen molar-refractivity contribution in [1.29, 1.82) is 0 Å². The van der Waals surface area contributed by atoms with Crippen molar-refractivity contribution >= 4 is 30.4 Å². The number of amides is 1. The average molecular weight is 366 g/mol. The maximum absolute atomic E-state index is 12.3. The number of ether oxygens (including phenoxy) is 1. The zero-order valence-electron chi connectivity index (χ0n) is 12.3. The monoisotopic (exact) mass is 365 g/mol. The van der Waals surface area contributed by atoms with Gasteiger partial charge in [-0.3, -0.25) is 9.59 Å². The number of para-hydroxylation sites is 1. The summed E-state index contributed by atoms with van der Waals surface area (Å²) < 4.78 is 40.8. The van der Waals surface area contributed by atoms with E-state index in [-0.39, 0.29) is 24.5 Å². The number of hydrogen-bond acceptors (Lipinski definition) is 3. The molecule has 0 aromatic heterocycles. The molecule has 1 fully saturated rings. The van der Waals surface area contributed by atoms with E-state index in [1.165, 1.54) is 29.2 Å². The van der Waals surface area contributed by atoms with Gasteiger partial charge in [-0.15, -0.1) is 25.6 Å². The summed E-state index contributed by atoms with van der Waals surface area (Å²) in [5.41, 5.74) is 0.104. The zero-order chi connectivity index (χ0) is 17.0. The number of alkyl halides is 3. The van der Waals surface area contributed by atoms with Gasteiger partial charge >= 0.3 is 12.3 Å². The van der Waals surface area contributed by atoms with E-state index in [0.29, 0.717) is 13.0 Å². The van der Waals surface area contributed by atoms with Crippen molar-refractivity contribution in [3.8, 4) is 5.75 Å². The molecule has 1 unspecified atom stereocenters. The molecule has 0 spiro atoms. The third-order valence-corrected chi connectivity index (χ3v) is 3.40. The van der Waals surface area contributed by atoms with Gasteiger partial charge in [0.1, 0.15) is 5.75 Å². The Kier molecular flexibility index (Phi) is 6.65. The lowest BCUT2D eigenvalue weighted by Gasteiger charge is -2.13. The molecule has 5 nitrogen and oxygen atoms in total. The van der Waals surface area contributed by atoms with E-state index in [2.05, 4.69) is 4.74 Å². The summed E-state index contributed by atoms with van der Waals surface area (Å²) >= 11 is 0. The Labute approximate surface area is 142 Å². The van der Waals surface area contributed by atoms with Crippen LogP contribution in [0.25, 0.3) is 6.08 Å². The summed E-state index contributed by atoms with van der Waals surface area (Å²) in [5, 5.41) is 8.89. The Balaban J connectivity index is 0.00000288. The van der Waals surface area contributed by atoms with Crippen molar-refractivity contribution in [3.63, 3.8) is 0 Å². The van der Waals surface area contributed by atoms with E-state index >= 15 is 0 Å². The molecule has 0 aliphatic carbocycles. The molecule has 1 aliphatic rings. The van der Waals surface area contributed by atoms with Crippen LogP contribution in [0.2, 0.25) is 0 Å². The van der Waals surface area contributed by atoms with Gasteiger partial charge in [-0.25, -0.2) is 0 Å². The van der Waals surface area contributed by atoms with Crippen molar-refractivity contribution in [3.05, 3.63) is 35.9 Å². The maximum atomic E-state index is 12.3. The van der Waals surface area contributed by atoms with Gasteiger partial charge < -0.3 is 14.7 Å². The number of halogens is 4. The highest BCUT2D eigenvalue weighted by Gasteiger charge is 2.32. The SMILES string of the molecule is Cl.O=C(O)C1CCN(C(=O)/C=C/c2ccccc2OC(F)(F)F)C1. The summed E-state index contributed by atoms with van der Waals surface area (Å²) in [6.07, 6.45) is -2.12. The minimum atomic E-state index is -4.82. The van der Waals surface area contributed by atoms with E-state index in [1.54, 1.807) is 0 Å². The van der Waals surface area contributed by atoms with Crippen LogP contribution in [0.5, 0.6) is 5.75 Å². The highest BCUT2D eigenvalue weighted by atomic mass is 35.5. The molecule has 1 N–H and O–H groups in total. The molecule has 1 aromatic carbocycles. The van der Waals surface area contributed by atoms with Crippen LogP contribution in [0.15, 0.2) is 30.3 Å². The number of likely N-dealkylation sites (tertiary alicyclic amines) is 1. The molecule has 1 atom stereocenters. The van der Waals surface area contributed by atoms with Gasteiger partial charge in [0.05, 0.1) is 5.92 Å². The van der Waals surface area contributed by atoms with Gasteiger partial charge in [-0.2, -0.15) is 0 Å². The topological polar surface area (TPSA) is 66.8 Å². The van der Waals surface area contributed by atoms with Gasteiger partial charge in [0, 0.05) is 24.7 Å². The Morgan fingerprint density at radius 2 is 1.96 bits per heavy atom. The normalized spacial score (nSPS) is 17.6. The van der Waals surface area contributed by atoms with Crippen molar-refractivity contribution < 1.29 is 32.6 Å². The Morgan fingerprint density at radius 1 is 1.29 bits per heavy atom. The largest absolute Gasteiger partial charge is 0.573 e. The molecule has 0 radical (unpaired) electrons. The number of carbonyl (C=O) groups is 2. The second-order valence-electron chi connectivity index (χ2n) is 5.03. The van der Waals surface area contributed by atoms with E-state index in [4.69, 9.17) is 5.11 Å².